The predicted octanol–water partition coefficient (Wildman–Crippen LogP) is 1.72. The standard InChI is InChI=1S/C23H32I2N4O13P2/c1-11(2)41-44(4,36)42-15-6-19(29-8-13(25)21(32)27-23(29)34)40-17(15)10-38-43(3,35)37-9-16-14(30)5-18(39-16)28-7-12(24)20(31)26-22(28)33/h7-8,11,14-19,30H,5-6,9-10H2,1-4H3,(H,26,31,33)(H,27,32,34)/t14?,15-,16-,17-,18-,19-,43?,44?/m1/s1. The molecule has 4 heterocycles. The highest BCUT2D eigenvalue weighted by Gasteiger charge is 2.43. The minimum Gasteiger partial charge on any atom is -0.390 e. The monoisotopic (exact) mass is 888 g/mol. The quantitative estimate of drug-likeness (QED) is 0.205. The smallest absolute Gasteiger partial charge is 0.330 e. The number of hydrogen-bond acceptors (Lipinski definition) is 13. The van der Waals surface area contributed by atoms with Crippen molar-refractivity contribution in [1.82, 2.24) is 19.1 Å². The van der Waals surface area contributed by atoms with E-state index in [9.17, 15) is 33.4 Å². The number of nitrogens with one attached hydrogen (secondary N) is 2. The molecule has 3 N–H and O–H groups in total. The van der Waals surface area contributed by atoms with Crippen LogP contribution in [0, 0.1) is 7.14 Å². The number of H-pyrrole nitrogens is 2. The van der Waals surface area contributed by atoms with Crippen LogP contribution < -0.4 is 22.5 Å². The number of aliphatic hydroxyl groups is 1. The van der Waals surface area contributed by atoms with Crippen molar-refractivity contribution in [3.63, 3.8) is 0 Å². The Labute approximate surface area is 277 Å². The Bertz CT molecular complexity index is 1690. The fourth-order valence-electron chi connectivity index (χ4n) is 4.63. The van der Waals surface area contributed by atoms with Gasteiger partial charge in [0.05, 0.1) is 38.7 Å². The van der Waals surface area contributed by atoms with E-state index in [1.165, 1.54) is 25.7 Å². The Balaban J connectivity index is 1.42. The SMILES string of the molecule is CC(C)OP(C)(=O)O[C@@H]1C[C@H](n2cc(I)c(=O)[nH]c2=O)O[C@@H]1COP(C)(=O)OC[C@H]1O[C@@H](n2cc(I)c(=O)[nH]c2=O)CC1O. The average molecular weight is 888 g/mol. The van der Waals surface area contributed by atoms with Crippen molar-refractivity contribution in [3.05, 3.63) is 61.2 Å². The molecular weight excluding hydrogens is 856 g/mol. The van der Waals surface area contributed by atoms with Gasteiger partial charge in [0.2, 0.25) is 0 Å². The van der Waals surface area contributed by atoms with Gasteiger partial charge < -0.3 is 32.7 Å². The van der Waals surface area contributed by atoms with Gasteiger partial charge in [-0.2, -0.15) is 0 Å². The maximum atomic E-state index is 13.2. The van der Waals surface area contributed by atoms with Gasteiger partial charge in [-0.15, -0.1) is 0 Å². The van der Waals surface area contributed by atoms with Crippen molar-refractivity contribution >= 4 is 60.4 Å². The molecule has 3 unspecified atom stereocenters. The summed E-state index contributed by atoms with van der Waals surface area (Å²) in [5.74, 6) is 0. The minimum atomic E-state index is -3.82. The molecule has 0 spiro atoms. The Morgan fingerprint density at radius 2 is 1.36 bits per heavy atom. The normalized spacial score (nSPS) is 28.3. The Morgan fingerprint density at radius 3 is 1.89 bits per heavy atom. The predicted molar refractivity (Wildman–Crippen MR) is 171 cm³/mol. The average Bonchev–Trinajstić information content (AvgIpc) is 3.47. The Morgan fingerprint density at radius 1 is 0.886 bits per heavy atom. The lowest BCUT2D eigenvalue weighted by Crippen LogP contribution is -2.33. The van der Waals surface area contributed by atoms with Crippen LogP contribution in [0.2, 0.25) is 0 Å². The van der Waals surface area contributed by atoms with Gasteiger partial charge >= 0.3 is 26.6 Å². The number of aliphatic hydroxyl groups excluding tert-OH is 1. The highest BCUT2D eigenvalue weighted by molar-refractivity contribution is 14.1. The zero-order valence-corrected chi connectivity index (χ0v) is 30.0. The molecule has 2 aromatic rings. The molecule has 0 radical (unpaired) electrons. The Hall–Kier alpha value is -1.00. The number of rotatable bonds is 12. The van der Waals surface area contributed by atoms with Gasteiger partial charge in [0.1, 0.15) is 24.7 Å². The van der Waals surface area contributed by atoms with Gasteiger partial charge in [-0.3, -0.25) is 37.8 Å². The second-order valence-electron chi connectivity index (χ2n) is 10.5. The van der Waals surface area contributed by atoms with Gasteiger partial charge in [0.15, 0.2) is 0 Å². The van der Waals surface area contributed by atoms with E-state index in [-0.39, 0.29) is 33.2 Å². The largest absolute Gasteiger partial charge is 0.390 e. The van der Waals surface area contributed by atoms with Crippen LogP contribution in [0.25, 0.3) is 0 Å². The van der Waals surface area contributed by atoms with Gasteiger partial charge in [-0.25, -0.2) is 9.59 Å². The van der Waals surface area contributed by atoms with E-state index in [0.717, 1.165) is 9.13 Å². The van der Waals surface area contributed by atoms with Crippen LogP contribution in [0.5, 0.6) is 0 Å². The minimum absolute atomic E-state index is 0.0137. The summed E-state index contributed by atoms with van der Waals surface area (Å²) >= 11 is 3.53. The molecule has 0 aromatic carbocycles. The fourth-order valence-corrected chi connectivity index (χ4v) is 7.94. The second-order valence-corrected chi connectivity index (χ2v) is 16.9. The number of ether oxygens (including phenoxy) is 2. The van der Waals surface area contributed by atoms with Crippen molar-refractivity contribution in [2.75, 3.05) is 26.5 Å². The van der Waals surface area contributed by atoms with Crippen LogP contribution in [-0.2, 0) is 36.7 Å². The van der Waals surface area contributed by atoms with E-state index < -0.39 is 80.7 Å². The van der Waals surface area contributed by atoms with Crippen LogP contribution in [0.3, 0.4) is 0 Å². The Kier molecular flexibility index (Phi) is 11.7. The molecule has 0 bridgehead atoms. The van der Waals surface area contributed by atoms with Crippen LogP contribution in [0.4, 0.5) is 0 Å². The van der Waals surface area contributed by atoms with Crippen molar-refractivity contribution in [2.24, 2.45) is 0 Å². The summed E-state index contributed by atoms with van der Waals surface area (Å²) in [5.41, 5.74) is -2.54. The molecule has 4 rings (SSSR count). The molecule has 2 aliphatic rings. The maximum Gasteiger partial charge on any atom is 0.330 e. The molecular formula is C23H32I2N4O13P2. The van der Waals surface area contributed by atoms with Gasteiger partial charge in [0, 0.05) is 38.6 Å². The summed E-state index contributed by atoms with van der Waals surface area (Å²) in [6.07, 6.45) is -3.53. The third kappa shape index (κ3) is 9.08. The van der Waals surface area contributed by atoms with Crippen LogP contribution >= 0.6 is 60.4 Å². The summed E-state index contributed by atoms with van der Waals surface area (Å²) in [6, 6.07) is 0. The number of hydrogen-bond donors (Lipinski definition) is 3. The first-order valence-corrected chi connectivity index (χ1v) is 19.4. The summed E-state index contributed by atoms with van der Waals surface area (Å²) in [6.45, 7) is 5.15. The summed E-state index contributed by atoms with van der Waals surface area (Å²) < 4.78 is 62.9. The molecule has 2 aromatic heterocycles. The third-order valence-electron chi connectivity index (χ3n) is 6.53. The lowest BCUT2D eigenvalue weighted by molar-refractivity contribution is -0.0518. The molecule has 2 aliphatic heterocycles. The molecule has 246 valence electrons. The lowest BCUT2D eigenvalue weighted by Gasteiger charge is -2.25. The summed E-state index contributed by atoms with van der Waals surface area (Å²) in [4.78, 5) is 52.6. The lowest BCUT2D eigenvalue weighted by atomic mass is 10.2. The highest BCUT2D eigenvalue weighted by atomic mass is 127. The van der Waals surface area contributed by atoms with E-state index in [4.69, 9.17) is 27.6 Å². The van der Waals surface area contributed by atoms with E-state index in [0.29, 0.717) is 0 Å². The van der Waals surface area contributed by atoms with Crippen molar-refractivity contribution < 1.29 is 41.8 Å². The molecule has 44 heavy (non-hydrogen) atoms. The number of aromatic nitrogens is 4. The maximum absolute atomic E-state index is 13.2. The fraction of sp³-hybridized carbons (Fsp3) is 0.652. The van der Waals surface area contributed by atoms with E-state index >= 15 is 0 Å². The number of nitrogens with zero attached hydrogens (tertiary/aromatic N) is 2. The van der Waals surface area contributed by atoms with E-state index in [1.807, 2.05) is 0 Å². The molecule has 0 saturated carbocycles. The van der Waals surface area contributed by atoms with E-state index in [1.54, 1.807) is 59.0 Å². The van der Waals surface area contributed by atoms with Crippen molar-refractivity contribution in [1.29, 1.82) is 0 Å². The summed E-state index contributed by atoms with van der Waals surface area (Å²) in [7, 11) is -7.41. The molecule has 2 saturated heterocycles. The van der Waals surface area contributed by atoms with Gasteiger partial charge in [0.25, 0.3) is 11.1 Å². The second kappa shape index (κ2) is 14.4. The molecule has 17 nitrogen and oxygen atoms in total. The van der Waals surface area contributed by atoms with Crippen LogP contribution in [0.15, 0.2) is 31.6 Å². The summed E-state index contributed by atoms with van der Waals surface area (Å²) in [5, 5.41) is 10.5. The van der Waals surface area contributed by atoms with Gasteiger partial charge in [-0.1, -0.05) is 0 Å². The van der Waals surface area contributed by atoms with Crippen LogP contribution in [-0.4, -0.2) is 81.3 Å². The first-order chi connectivity index (χ1) is 20.4. The van der Waals surface area contributed by atoms with Crippen LogP contribution in [0.1, 0.15) is 39.1 Å². The molecule has 2 fully saturated rings. The van der Waals surface area contributed by atoms with Gasteiger partial charge in [-0.05, 0) is 59.0 Å². The zero-order valence-electron chi connectivity index (χ0n) is 23.9. The molecule has 0 amide bonds. The topological polar surface area (TPSA) is 219 Å². The molecule has 21 heteroatoms. The molecule has 8 atom stereocenters. The first-order valence-electron chi connectivity index (χ1n) is 13.3. The third-order valence-corrected chi connectivity index (χ3v) is 10.8. The van der Waals surface area contributed by atoms with Crippen molar-refractivity contribution in [2.45, 2.75) is 69.7 Å². The highest BCUT2D eigenvalue weighted by Crippen LogP contribution is 2.51. The number of halogens is 2. The molecule has 0 aliphatic carbocycles. The first kappa shape index (κ1) is 35.8. The zero-order chi connectivity index (χ0) is 32.6. The number of aromatic amines is 2. The van der Waals surface area contributed by atoms with Crippen molar-refractivity contribution in [3.8, 4) is 0 Å². The van der Waals surface area contributed by atoms with E-state index in [2.05, 4.69) is 9.97 Å².